The third kappa shape index (κ3) is 4.04. The monoisotopic (exact) mass is 351 g/mol. The molecule has 1 aromatic carbocycles. The van der Waals surface area contributed by atoms with E-state index in [2.05, 4.69) is 25.8 Å². The average molecular weight is 351 g/mol. The van der Waals surface area contributed by atoms with Crippen LogP contribution in [0.3, 0.4) is 0 Å². The number of nitrogens with zero attached hydrogens (tertiary/aromatic N) is 3. The Morgan fingerprint density at radius 1 is 1.00 bits per heavy atom. The van der Waals surface area contributed by atoms with Crippen LogP contribution in [0, 0.1) is 0 Å². The molecule has 0 radical (unpaired) electrons. The molecule has 2 heterocycles. The normalized spacial score (nSPS) is 10.1. The second-order valence-corrected chi connectivity index (χ2v) is 5.19. The third-order valence-corrected chi connectivity index (χ3v) is 3.50. The highest BCUT2D eigenvalue weighted by atomic mass is 16.5. The Bertz CT molecular complexity index is 885. The number of anilines is 3. The van der Waals surface area contributed by atoms with Crippen molar-refractivity contribution in [2.45, 2.75) is 0 Å². The van der Waals surface area contributed by atoms with Crippen molar-refractivity contribution >= 4 is 23.2 Å². The molecule has 3 aromatic rings. The van der Waals surface area contributed by atoms with Crippen LogP contribution in [0.4, 0.5) is 17.3 Å². The lowest BCUT2D eigenvalue weighted by atomic mass is 10.2. The van der Waals surface area contributed by atoms with Gasteiger partial charge in [0.15, 0.2) is 11.6 Å². The average Bonchev–Trinajstić information content (AvgIpc) is 2.70. The third-order valence-electron chi connectivity index (χ3n) is 3.50. The summed E-state index contributed by atoms with van der Waals surface area (Å²) in [6, 6.07) is 12.1. The van der Waals surface area contributed by atoms with Crippen LogP contribution in [0.15, 0.2) is 54.9 Å². The van der Waals surface area contributed by atoms with Gasteiger partial charge in [0, 0.05) is 18.5 Å². The van der Waals surface area contributed by atoms with Crippen molar-refractivity contribution in [3.05, 3.63) is 60.4 Å². The molecule has 0 saturated carbocycles. The summed E-state index contributed by atoms with van der Waals surface area (Å²) in [4.78, 5) is 16.0. The van der Waals surface area contributed by atoms with Crippen LogP contribution in [-0.2, 0) is 0 Å². The van der Waals surface area contributed by atoms with Crippen LogP contribution in [0.2, 0.25) is 0 Å². The van der Waals surface area contributed by atoms with Crippen LogP contribution < -0.4 is 20.1 Å². The Morgan fingerprint density at radius 2 is 1.81 bits per heavy atom. The number of amides is 1. The molecule has 0 spiro atoms. The lowest BCUT2D eigenvalue weighted by molar-refractivity contribution is 0.102. The molecule has 0 aliphatic carbocycles. The van der Waals surface area contributed by atoms with E-state index in [9.17, 15) is 4.79 Å². The largest absolute Gasteiger partial charge is 0.497 e. The molecular formula is C18H17N5O3. The van der Waals surface area contributed by atoms with Gasteiger partial charge in [-0.1, -0.05) is 0 Å². The van der Waals surface area contributed by atoms with E-state index in [1.54, 1.807) is 56.8 Å². The smallest absolute Gasteiger partial charge is 0.258 e. The van der Waals surface area contributed by atoms with Crippen molar-refractivity contribution < 1.29 is 14.3 Å². The summed E-state index contributed by atoms with van der Waals surface area (Å²) in [5, 5.41) is 13.8. The zero-order chi connectivity index (χ0) is 18.4. The zero-order valence-corrected chi connectivity index (χ0v) is 14.3. The van der Waals surface area contributed by atoms with Crippen molar-refractivity contribution in [2.24, 2.45) is 0 Å². The van der Waals surface area contributed by atoms with Gasteiger partial charge in [-0.15, -0.1) is 10.2 Å². The Balaban J connectivity index is 1.69. The molecule has 0 aliphatic rings. The summed E-state index contributed by atoms with van der Waals surface area (Å²) in [5.74, 6) is 1.84. The fourth-order valence-corrected chi connectivity index (χ4v) is 2.19. The number of aromatic nitrogens is 3. The molecule has 3 rings (SSSR count). The van der Waals surface area contributed by atoms with E-state index in [4.69, 9.17) is 9.47 Å². The Labute approximate surface area is 150 Å². The number of ether oxygens (including phenoxy) is 2. The topological polar surface area (TPSA) is 98.3 Å². The van der Waals surface area contributed by atoms with Crippen molar-refractivity contribution in [3.8, 4) is 11.5 Å². The number of benzene rings is 1. The van der Waals surface area contributed by atoms with Crippen LogP contribution in [0.5, 0.6) is 11.5 Å². The highest BCUT2D eigenvalue weighted by Gasteiger charge is 2.09. The highest BCUT2D eigenvalue weighted by Crippen LogP contribution is 2.30. The lowest BCUT2D eigenvalue weighted by Gasteiger charge is -2.12. The quantitative estimate of drug-likeness (QED) is 0.704. The van der Waals surface area contributed by atoms with Gasteiger partial charge in [-0.05, 0) is 36.4 Å². The summed E-state index contributed by atoms with van der Waals surface area (Å²) in [6.45, 7) is 0. The molecule has 132 valence electrons. The first-order valence-corrected chi connectivity index (χ1v) is 7.74. The van der Waals surface area contributed by atoms with Gasteiger partial charge < -0.3 is 20.1 Å². The minimum absolute atomic E-state index is 0.301. The van der Waals surface area contributed by atoms with E-state index in [1.807, 2.05) is 6.07 Å². The molecule has 0 unspecified atom stereocenters. The first kappa shape index (κ1) is 17.2. The molecule has 1 amide bonds. The summed E-state index contributed by atoms with van der Waals surface area (Å²) in [5.41, 5.74) is 1.16. The molecule has 0 fully saturated rings. The van der Waals surface area contributed by atoms with Gasteiger partial charge in [0.25, 0.3) is 5.91 Å². The van der Waals surface area contributed by atoms with Crippen LogP contribution >= 0.6 is 0 Å². The highest BCUT2D eigenvalue weighted by molar-refractivity contribution is 6.03. The molecule has 8 nitrogen and oxygen atoms in total. The van der Waals surface area contributed by atoms with Gasteiger partial charge in [0.1, 0.15) is 11.5 Å². The molecule has 2 aromatic heterocycles. The maximum Gasteiger partial charge on any atom is 0.258 e. The second kappa shape index (κ2) is 7.93. The predicted octanol–water partition coefficient (Wildman–Crippen LogP) is 2.88. The molecule has 0 saturated heterocycles. The Morgan fingerprint density at radius 3 is 2.46 bits per heavy atom. The van der Waals surface area contributed by atoms with Crippen molar-refractivity contribution in [1.82, 2.24) is 15.2 Å². The molecule has 0 atom stereocenters. The summed E-state index contributed by atoms with van der Waals surface area (Å²) < 4.78 is 10.5. The molecule has 2 N–H and O–H groups in total. The van der Waals surface area contributed by atoms with E-state index in [0.29, 0.717) is 28.7 Å². The Hall–Kier alpha value is -3.68. The number of methoxy groups -OCH3 is 2. The molecule has 8 heteroatoms. The van der Waals surface area contributed by atoms with Gasteiger partial charge in [-0.3, -0.25) is 9.78 Å². The van der Waals surface area contributed by atoms with Crippen molar-refractivity contribution in [3.63, 3.8) is 0 Å². The predicted molar refractivity (Wildman–Crippen MR) is 97.1 cm³/mol. The van der Waals surface area contributed by atoms with Crippen LogP contribution in [-0.4, -0.2) is 35.3 Å². The minimum atomic E-state index is -0.301. The maximum absolute atomic E-state index is 12.1. The first-order chi connectivity index (χ1) is 12.7. The van der Waals surface area contributed by atoms with Gasteiger partial charge in [0.05, 0.1) is 25.5 Å². The number of carbonyl (C=O) groups excluding carboxylic acids is 1. The number of hydrogen-bond donors (Lipinski definition) is 2. The Kier molecular flexibility index (Phi) is 5.23. The number of nitrogens with one attached hydrogen (secondary N) is 2. The van der Waals surface area contributed by atoms with Gasteiger partial charge in [0.2, 0.25) is 0 Å². The van der Waals surface area contributed by atoms with E-state index < -0.39 is 0 Å². The number of rotatable bonds is 6. The molecule has 26 heavy (non-hydrogen) atoms. The lowest BCUT2D eigenvalue weighted by Crippen LogP contribution is -2.13. The molecule has 0 bridgehead atoms. The van der Waals surface area contributed by atoms with E-state index in [1.165, 1.54) is 6.20 Å². The molecular weight excluding hydrogens is 334 g/mol. The summed E-state index contributed by atoms with van der Waals surface area (Å²) in [7, 11) is 3.16. The van der Waals surface area contributed by atoms with Gasteiger partial charge in [-0.25, -0.2) is 0 Å². The fraction of sp³-hybridized carbons (Fsp3) is 0.111. The van der Waals surface area contributed by atoms with Crippen LogP contribution in [0.1, 0.15) is 10.4 Å². The van der Waals surface area contributed by atoms with Gasteiger partial charge >= 0.3 is 0 Å². The van der Waals surface area contributed by atoms with Crippen LogP contribution in [0.25, 0.3) is 0 Å². The fourth-order valence-electron chi connectivity index (χ4n) is 2.19. The van der Waals surface area contributed by atoms with Crippen molar-refractivity contribution in [1.29, 1.82) is 0 Å². The maximum atomic E-state index is 12.1. The number of carbonyl (C=O) groups is 1. The second-order valence-electron chi connectivity index (χ2n) is 5.19. The SMILES string of the molecule is COc1ccc(Nc2ccc(NC(=O)c3cccnc3)nn2)c(OC)c1. The van der Waals surface area contributed by atoms with Crippen molar-refractivity contribution in [2.75, 3.05) is 24.9 Å². The zero-order valence-electron chi connectivity index (χ0n) is 14.3. The summed E-state index contributed by atoms with van der Waals surface area (Å²) >= 11 is 0. The minimum Gasteiger partial charge on any atom is -0.497 e. The van der Waals surface area contributed by atoms with E-state index in [0.717, 1.165) is 5.69 Å². The standard InChI is InChI=1S/C18H17N5O3/c1-25-13-5-6-14(15(10-13)26-2)20-16-7-8-17(23-22-16)21-18(24)12-4-3-9-19-11-12/h3-11H,1-2H3,(H,20,22)(H,21,23,24). The van der Waals surface area contributed by atoms with E-state index >= 15 is 0 Å². The number of pyridine rings is 1. The summed E-state index contributed by atoms with van der Waals surface area (Å²) in [6.07, 6.45) is 3.08. The number of hydrogen-bond acceptors (Lipinski definition) is 7. The first-order valence-electron chi connectivity index (χ1n) is 7.74. The molecule has 0 aliphatic heterocycles. The van der Waals surface area contributed by atoms with E-state index in [-0.39, 0.29) is 5.91 Å². The van der Waals surface area contributed by atoms with Gasteiger partial charge in [-0.2, -0.15) is 0 Å².